The molecule has 39 heavy (non-hydrogen) atoms. The Morgan fingerprint density at radius 2 is 1.41 bits per heavy atom. The van der Waals surface area contributed by atoms with Gasteiger partial charge in [-0.05, 0) is 56.6 Å². The van der Waals surface area contributed by atoms with E-state index >= 15 is 0 Å². The van der Waals surface area contributed by atoms with Crippen LogP contribution in [0.3, 0.4) is 0 Å². The molecule has 12 nitrogen and oxygen atoms in total. The summed E-state index contributed by atoms with van der Waals surface area (Å²) in [6, 6.07) is 6.94. The molecule has 0 spiro atoms. The second-order valence-electron chi connectivity index (χ2n) is 9.48. The molecule has 0 heterocycles. The highest BCUT2D eigenvalue weighted by Gasteiger charge is 2.40. The molecule has 0 saturated heterocycles. The zero-order valence-electron chi connectivity index (χ0n) is 23.0. The summed E-state index contributed by atoms with van der Waals surface area (Å²) in [6.07, 6.45) is 6.49. The first-order chi connectivity index (χ1) is 18.1. The molecular formula is C26H44N2O10S. The number of aliphatic carboxylic acids is 3. The molecule has 1 rings (SSSR count). The molecule has 1 aromatic rings. The zero-order chi connectivity index (χ0) is 30.1. The number of benzene rings is 1. The van der Waals surface area contributed by atoms with Crippen molar-refractivity contribution in [1.82, 2.24) is 4.90 Å². The fourth-order valence-electron chi connectivity index (χ4n) is 3.74. The summed E-state index contributed by atoms with van der Waals surface area (Å²) in [7, 11) is -3.27. The van der Waals surface area contributed by atoms with Crippen molar-refractivity contribution in [3.63, 3.8) is 0 Å². The third kappa shape index (κ3) is 17.5. The van der Waals surface area contributed by atoms with Gasteiger partial charge in [0.15, 0.2) is 5.60 Å². The number of nitrogens with zero attached hydrogens (tertiary/aromatic N) is 1. The number of carbonyl (C=O) groups is 3. The molecule has 6 N–H and O–H groups in total. The Hall–Kier alpha value is -2.74. The Bertz CT molecular complexity index is 967. The van der Waals surface area contributed by atoms with E-state index in [4.69, 9.17) is 20.4 Å². The van der Waals surface area contributed by atoms with E-state index in [1.807, 2.05) is 0 Å². The van der Waals surface area contributed by atoms with Crippen molar-refractivity contribution >= 4 is 33.6 Å². The first-order valence-electron chi connectivity index (χ1n) is 13.0. The van der Waals surface area contributed by atoms with Crippen molar-refractivity contribution in [2.24, 2.45) is 0 Å². The maximum Gasteiger partial charge on any atom is 0.336 e. The van der Waals surface area contributed by atoms with Crippen LogP contribution in [-0.2, 0) is 24.4 Å². The molecular weight excluding hydrogens is 532 g/mol. The predicted molar refractivity (Wildman–Crippen MR) is 147 cm³/mol. The fraction of sp³-hybridized carbons (Fsp3) is 0.654. The lowest BCUT2D eigenvalue weighted by Crippen LogP contribution is -2.42. The van der Waals surface area contributed by atoms with Gasteiger partial charge in [-0.25, -0.2) is 13.2 Å². The van der Waals surface area contributed by atoms with Crippen LogP contribution in [-0.4, -0.2) is 88.2 Å². The van der Waals surface area contributed by atoms with Crippen molar-refractivity contribution in [2.45, 2.75) is 83.3 Å². The minimum atomic E-state index is -3.27. The largest absolute Gasteiger partial charge is 0.481 e. The number of nitrogens with one attached hydrogen (secondary N) is 1. The monoisotopic (exact) mass is 576 g/mol. The molecule has 0 aliphatic carbocycles. The summed E-state index contributed by atoms with van der Waals surface area (Å²) >= 11 is 0. The lowest BCUT2D eigenvalue weighted by atomic mass is 9.96. The summed E-state index contributed by atoms with van der Waals surface area (Å²) in [5.41, 5.74) is -1.40. The first kappa shape index (κ1) is 36.3. The minimum absolute atomic E-state index is 0.509. The van der Waals surface area contributed by atoms with Crippen molar-refractivity contribution < 1.29 is 48.3 Å². The van der Waals surface area contributed by atoms with E-state index < -0.39 is 52.5 Å². The quantitative estimate of drug-likeness (QED) is 0.132. The van der Waals surface area contributed by atoms with Gasteiger partial charge >= 0.3 is 17.9 Å². The van der Waals surface area contributed by atoms with E-state index in [1.54, 1.807) is 24.3 Å². The van der Waals surface area contributed by atoms with Gasteiger partial charge in [0.25, 0.3) is 0 Å². The van der Waals surface area contributed by atoms with E-state index in [0.29, 0.717) is 12.1 Å². The predicted octanol–water partition coefficient (Wildman–Crippen LogP) is 2.92. The number of aliphatic hydroxyl groups is 2. The average molecular weight is 577 g/mol. The van der Waals surface area contributed by atoms with Crippen LogP contribution in [0.15, 0.2) is 24.3 Å². The summed E-state index contributed by atoms with van der Waals surface area (Å²) in [5, 5.41) is 44.2. The summed E-state index contributed by atoms with van der Waals surface area (Å²) in [6.45, 7) is 7.63. The van der Waals surface area contributed by atoms with Crippen LogP contribution in [0.1, 0.15) is 83.3 Å². The number of carboxylic acid groups (broad SMARTS) is 3. The molecule has 0 fully saturated rings. The van der Waals surface area contributed by atoms with E-state index in [0.717, 1.165) is 37.9 Å². The van der Waals surface area contributed by atoms with Crippen LogP contribution in [0.5, 0.6) is 0 Å². The van der Waals surface area contributed by atoms with E-state index in [9.17, 15) is 27.9 Å². The normalized spacial score (nSPS) is 12.4. The van der Waals surface area contributed by atoms with Crippen LogP contribution in [0.4, 0.5) is 5.69 Å². The number of aliphatic hydroxyl groups excluding tert-OH is 1. The van der Waals surface area contributed by atoms with E-state index in [1.165, 1.54) is 32.1 Å². The van der Waals surface area contributed by atoms with Crippen LogP contribution < -0.4 is 4.72 Å². The summed E-state index contributed by atoms with van der Waals surface area (Å²) in [5.74, 6) is -5.02. The molecule has 224 valence electrons. The molecule has 0 amide bonds. The molecule has 0 aromatic heterocycles. The molecule has 0 bridgehead atoms. The van der Waals surface area contributed by atoms with Gasteiger partial charge in [0, 0.05) is 5.69 Å². The maximum atomic E-state index is 11.2. The molecule has 1 atom stereocenters. The van der Waals surface area contributed by atoms with Crippen molar-refractivity contribution in [3.05, 3.63) is 29.8 Å². The Kier molecular flexibility index (Phi) is 17.2. The minimum Gasteiger partial charge on any atom is -0.481 e. The molecule has 1 aromatic carbocycles. The van der Waals surface area contributed by atoms with Crippen LogP contribution >= 0.6 is 0 Å². The van der Waals surface area contributed by atoms with Gasteiger partial charge in [-0.2, -0.15) is 0 Å². The molecule has 0 radical (unpaired) electrons. The Labute approximate surface area is 230 Å². The highest BCUT2D eigenvalue weighted by molar-refractivity contribution is 7.92. The van der Waals surface area contributed by atoms with Crippen molar-refractivity contribution in [3.8, 4) is 0 Å². The highest BCUT2D eigenvalue weighted by Crippen LogP contribution is 2.21. The molecule has 0 aliphatic rings. The molecule has 13 heteroatoms. The number of hydrogen-bond donors (Lipinski definition) is 6. The van der Waals surface area contributed by atoms with Crippen molar-refractivity contribution in [2.75, 3.05) is 30.6 Å². The summed E-state index contributed by atoms with van der Waals surface area (Å²) < 4.78 is 24.9. The topological polar surface area (TPSA) is 202 Å². The van der Waals surface area contributed by atoms with Crippen LogP contribution in [0.25, 0.3) is 0 Å². The average Bonchev–Trinajstić information content (AvgIpc) is 2.81. The Morgan fingerprint density at radius 3 is 1.85 bits per heavy atom. The Balaban J connectivity index is 0.000000935. The lowest BCUT2D eigenvalue weighted by molar-refractivity contribution is -0.170. The summed E-state index contributed by atoms with van der Waals surface area (Å²) in [4.78, 5) is 32.9. The van der Waals surface area contributed by atoms with Gasteiger partial charge in [0.1, 0.15) is 0 Å². The number of sulfonamides is 1. The van der Waals surface area contributed by atoms with Crippen LogP contribution in [0.2, 0.25) is 0 Å². The highest BCUT2D eigenvalue weighted by atomic mass is 32.2. The number of hydrogen-bond acceptors (Lipinski definition) is 8. The van der Waals surface area contributed by atoms with E-state index in [-0.39, 0.29) is 0 Å². The maximum absolute atomic E-state index is 11.2. The molecule has 0 aliphatic heterocycles. The van der Waals surface area contributed by atoms with Crippen molar-refractivity contribution in [1.29, 1.82) is 0 Å². The third-order valence-corrected chi connectivity index (χ3v) is 6.47. The van der Waals surface area contributed by atoms with Gasteiger partial charge in [-0.1, -0.05) is 51.7 Å². The Morgan fingerprint density at radius 1 is 0.897 bits per heavy atom. The van der Waals surface area contributed by atoms with Gasteiger partial charge in [-0.3, -0.25) is 14.3 Å². The number of anilines is 1. The first-order valence-corrected chi connectivity index (χ1v) is 14.9. The van der Waals surface area contributed by atoms with E-state index in [2.05, 4.69) is 23.5 Å². The third-order valence-electron chi connectivity index (χ3n) is 5.86. The fourth-order valence-corrected chi connectivity index (χ4v) is 4.31. The van der Waals surface area contributed by atoms with Gasteiger partial charge < -0.3 is 30.4 Å². The van der Waals surface area contributed by atoms with Crippen LogP contribution in [0, 0.1) is 0 Å². The molecule has 1 unspecified atom stereocenters. The van der Waals surface area contributed by atoms with Gasteiger partial charge in [0.05, 0.1) is 25.2 Å². The second kappa shape index (κ2) is 18.5. The second-order valence-corrected chi connectivity index (χ2v) is 11.2. The molecule has 0 saturated carbocycles. The smallest absolute Gasteiger partial charge is 0.336 e. The van der Waals surface area contributed by atoms with Gasteiger partial charge in [0.2, 0.25) is 10.0 Å². The standard InChI is InChI=1S/C20H36N2O3S.C6H8O7/c1-4-6-7-8-9-16-22(5-2)17-10-11-20(23)18-12-14-19(15-13-18)21-26(3,24)25;7-3(8)1-6(13,5(11)12)2-4(9)10/h12-15,20-21,23H,4-11,16-17H2,1-3H3;13H,1-2H2,(H,7,8)(H,9,10)(H,11,12). The zero-order valence-corrected chi connectivity index (χ0v) is 23.8. The number of rotatable bonds is 19. The number of unbranched alkanes of at least 4 members (excludes halogenated alkanes) is 4. The number of carboxylic acids is 3. The van der Waals surface area contributed by atoms with Gasteiger partial charge in [-0.15, -0.1) is 0 Å². The SMILES string of the molecule is CCCCCCCN(CC)CCCC(O)c1ccc(NS(C)(=O)=O)cc1.O=C(O)CC(O)(CC(=O)O)C(=O)O. The lowest BCUT2D eigenvalue weighted by Gasteiger charge is -2.21.